The van der Waals surface area contributed by atoms with Crippen molar-refractivity contribution in [2.75, 3.05) is 0 Å². The SMILES string of the molecule is CC(C)C[C@H](NC(=O)[C@@H](NC(=O)[C@@H](NC(=O)[C@H](CCC(=O)O)NC(=O)[C@H](CC(=O)O)NC(=O)CCC(=O)O)C(C)c1ccccc1)C(C)(C)C)C(=O)NC(CC(F)(F)F)C(=O)C(=O)NC(C)c1ccc2ccccc2c1. The molecule has 3 unspecified atom stereocenters. The Morgan fingerprint density at radius 2 is 1.08 bits per heavy atom. The zero-order valence-corrected chi connectivity index (χ0v) is 43.0. The number of benzene rings is 3. The van der Waals surface area contributed by atoms with Crippen LogP contribution in [0.4, 0.5) is 13.2 Å². The Kier molecular flexibility index (Phi) is 23.1. The Morgan fingerprint density at radius 3 is 1.64 bits per heavy atom. The number of aliphatic carboxylic acids is 3. The highest BCUT2D eigenvalue weighted by atomic mass is 19.4. The largest absolute Gasteiger partial charge is 0.481 e. The molecule has 0 aromatic heterocycles. The molecule has 0 aliphatic carbocycles. The first-order chi connectivity index (χ1) is 35.4. The third kappa shape index (κ3) is 20.4. The third-order valence-electron chi connectivity index (χ3n) is 12.0. The number of Topliss-reactive ketones (excluding diaryl/α,β-unsaturated/α-hetero) is 1. The number of fused-ring (bicyclic) bond motifs is 1. The van der Waals surface area contributed by atoms with E-state index in [1.165, 1.54) is 34.6 Å². The summed E-state index contributed by atoms with van der Waals surface area (Å²) in [6, 6.07) is 8.65. The van der Waals surface area contributed by atoms with Crippen molar-refractivity contribution in [2.45, 2.75) is 148 Å². The van der Waals surface area contributed by atoms with Crippen molar-refractivity contribution in [1.82, 2.24) is 37.2 Å². The minimum Gasteiger partial charge on any atom is -0.481 e. The summed E-state index contributed by atoms with van der Waals surface area (Å²) < 4.78 is 42.0. The molecule has 0 spiro atoms. The molecule has 0 aliphatic rings. The summed E-state index contributed by atoms with van der Waals surface area (Å²) in [6.07, 6.45) is -11.0. The van der Waals surface area contributed by atoms with Gasteiger partial charge in [-0.05, 0) is 59.1 Å². The quantitative estimate of drug-likeness (QED) is 0.0465. The van der Waals surface area contributed by atoms with E-state index in [9.17, 15) is 76.1 Å². The molecule has 414 valence electrons. The predicted octanol–water partition coefficient (Wildman–Crippen LogP) is 3.55. The van der Waals surface area contributed by atoms with Crippen LogP contribution in [-0.2, 0) is 52.7 Å². The van der Waals surface area contributed by atoms with Crippen LogP contribution in [0.1, 0.15) is 116 Å². The van der Waals surface area contributed by atoms with Crippen LogP contribution >= 0.6 is 0 Å². The van der Waals surface area contributed by atoms with Crippen molar-refractivity contribution >= 4 is 75.8 Å². The number of carboxylic acids is 3. The van der Waals surface area contributed by atoms with Crippen LogP contribution in [0.3, 0.4) is 0 Å². The van der Waals surface area contributed by atoms with Crippen molar-refractivity contribution in [1.29, 1.82) is 0 Å². The van der Waals surface area contributed by atoms with E-state index in [0.717, 1.165) is 10.8 Å². The number of carbonyl (C=O) groups excluding carboxylic acids is 8. The Bertz CT molecular complexity index is 2610. The van der Waals surface area contributed by atoms with Gasteiger partial charge in [0.25, 0.3) is 5.91 Å². The summed E-state index contributed by atoms with van der Waals surface area (Å²) in [5, 5.41) is 45.8. The lowest BCUT2D eigenvalue weighted by molar-refractivity contribution is -0.154. The first-order valence-electron chi connectivity index (χ1n) is 24.3. The lowest BCUT2D eigenvalue weighted by Gasteiger charge is -2.35. The molecule has 3 aromatic rings. The first kappa shape index (κ1) is 62.4. The summed E-state index contributed by atoms with van der Waals surface area (Å²) in [4.78, 5) is 144. The molecule has 21 nitrogen and oxygen atoms in total. The van der Waals surface area contributed by atoms with Crippen LogP contribution in [0, 0.1) is 11.3 Å². The van der Waals surface area contributed by atoms with E-state index in [2.05, 4.69) is 31.9 Å². The Balaban J connectivity index is 1.94. The lowest BCUT2D eigenvalue weighted by atomic mass is 9.84. The van der Waals surface area contributed by atoms with Gasteiger partial charge < -0.3 is 52.5 Å². The zero-order chi connectivity index (χ0) is 57.2. The minimum atomic E-state index is -5.06. The zero-order valence-electron chi connectivity index (χ0n) is 43.0. The molecule has 0 saturated carbocycles. The fourth-order valence-corrected chi connectivity index (χ4v) is 7.87. The van der Waals surface area contributed by atoms with Crippen molar-refractivity contribution in [2.24, 2.45) is 11.3 Å². The molecule has 0 saturated heterocycles. The molecule has 3 rings (SSSR count). The number of ketones is 1. The molecule has 8 atom stereocenters. The minimum absolute atomic E-state index is 0.215. The maximum absolute atomic E-state index is 14.6. The molecular weight excluding hydrogens is 1000 g/mol. The van der Waals surface area contributed by atoms with Gasteiger partial charge in [-0.15, -0.1) is 0 Å². The average molecular weight is 1070 g/mol. The second-order valence-electron chi connectivity index (χ2n) is 19.8. The number of carbonyl (C=O) groups is 11. The molecule has 0 fully saturated rings. The number of carboxylic acid groups (broad SMARTS) is 3. The molecule has 0 radical (unpaired) electrons. The Hall–Kier alpha value is -7.92. The van der Waals surface area contributed by atoms with Gasteiger partial charge in [-0.3, -0.25) is 52.7 Å². The van der Waals surface area contributed by atoms with Crippen LogP contribution in [0.5, 0.6) is 0 Å². The van der Waals surface area contributed by atoms with Crippen LogP contribution < -0.4 is 37.2 Å². The van der Waals surface area contributed by atoms with E-state index in [4.69, 9.17) is 5.11 Å². The predicted molar refractivity (Wildman–Crippen MR) is 268 cm³/mol. The molecule has 3 aromatic carbocycles. The highest BCUT2D eigenvalue weighted by Gasteiger charge is 2.42. The second-order valence-corrected chi connectivity index (χ2v) is 19.8. The van der Waals surface area contributed by atoms with Gasteiger partial charge in [-0.2, -0.15) is 13.2 Å². The first-order valence-corrected chi connectivity index (χ1v) is 24.3. The summed E-state index contributed by atoms with van der Waals surface area (Å²) in [6.45, 7) is 10.8. The van der Waals surface area contributed by atoms with Gasteiger partial charge >= 0.3 is 24.1 Å². The van der Waals surface area contributed by atoms with E-state index in [1.807, 2.05) is 23.5 Å². The van der Waals surface area contributed by atoms with E-state index in [-0.39, 0.29) is 6.42 Å². The van der Waals surface area contributed by atoms with Gasteiger partial charge in [0, 0.05) is 18.8 Å². The molecule has 0 aliphatic heterocycles. The number of hydrogen-bond donors (Lipinski definition) is 10. The van der Waals surface area contributed by atoms with Gasteiger partial charge in [-0.1, -0.05) is 108 Å². The van der Waals surface area contributed by atoms with Crippen LogP contribution in [0.2, 0.25) is 0 Å². The second kappa shape index (κ2) is 28.1. The number of nitrogens with one attached hydrogen (secondary N) is 7. The van der Waals surface area contributed by atoms with Crippen LogP contribution in [0.25, 0.3) is 10.8 Å². The highest BCUT2D eigenvalue weighted by Crippen LogP contribution is 2.26. The van der Waals surface area contributed by atoms with E-state index >= 15 is 0 Å². The lowest BCUT2D eigenvalue weighted by Crippen LogP contribution is -2.63. The fourth-order valence-electron chi connectivity index (χ4n) is 7.87. The van der Waals surface area contributed by atoms with E-state index < -0.39 is 169 Å². The number of hydrogen-bond acceptors (Lipinski definition) is 11. The fraction of sp³-hybridized carbons (Fsp3) is 0.481. The topological polar surface area (TPSA) is 333 Å². The van der Waals surface area contributed by atoms with Crippen molar-refractivity contribution in [3.8, 4) is 0 Å². The molecule has 24 heteroatoms. The molecule has 0 heterocycles. The molecular formula is C52H66F3N7O14. The number of amides is 7. The van der Waals surface area contributed by atoms with Crippen molar-refractivity contribution in [3.05, 3.63) is 83.9 Å². The maximum Gasteiger partial charge on any atom is 0.391 e. The third-order valence-corrected chi connectivity index (χ3v) is 12.0. The number of rotatable bonds is 28. The van der Waals surface area contributed by atoms with E-state index in [0.29, 0.717) is 11.1 Å². The number of halogens is 3. The standard InChI is InChI=1S/C52H66F3N7O14/c1-27(2)23-35(46(72)60-37(26-52(53,54)55)43(70)49(75)56-29(4)32-18-17-31-15-11-12-16-33(31)24-32)59-50(76)44(51(5,6)7)62-48(74)42(28(3)30-13-9-8-10-14-30)61-45(71)34(19-21-39(64)65)58-47(73)36(25-41(68)69)57-38(63)20-22-40(66)67/h8-18,24,27-29,34-37,42,44H,19-23,25-26H2,1-7H3,(H,56,75)(H,57,63)(H,58,73)(H,59,76)(H,60,72)(H,61,71)(H,62,74)(H,64,65)(H,66,67)(H,68,69)/t28?,29?,34-,35-,36-,37?,42-,44+/m0/s1. The van der Waals surface area contributed by atoms with Crippen molar-refractivity contribution in [3.63, 3.8) is 0 Å². The van der Waals surface area contributed by atoms with Crippen LogP contribution in [0.15, 0.2) is 72.8 Å². The van der Waals surface area contributed by atoms with Crippen molar-refractivity contribution < 1.29 is 81.2 Å². The average Bonchev–Trinajstić information content (AvgIpc) is 3.32. The van der Waals surface area contributed by atoms with Gasteiger partial charge in [0.2, 0.25) is 41.2 Å². The van der Waals surface area contributed by atoms with E-state index in [1.54, 1.807) is 68.4 Å². The Morgan fingerprint density at radius 1 is 0.526 bits per heavy atom. The molecule has 7 amide bonds. The Labute approximate surface area is 436 Å². The highest BCUT2D eigenvalue weighted by molar-refractivity contribution is 6.38. The molecule has 76 heavy (non-hydrogen) atoms. The van der Waals surface area contributed by atoms with Gasteiger partial charge in [-0.25, -0.2) is 0 Å². The smallest absolute Gasteiger partial charge is 0.391 e. The summed E-state index contributed by atoms with van der Waals surface area (Å²) in [7, 11) is 0. The van der Waals surface area contributed by atoms with Gasteiger partial charge in [0.1, 0.15) is 36.3 Å². The van der Waals surface area contributed by atoms with Gasteiger partial charge in [0.05, 0.1) is 25.3 Å². The summed E-state index contributed by atoms with van der Waals surface area (Å²) in [5.41, 5.74) is -0.248. The number of alkyl halides is 3. The summed E-state index contributed by atoms with van der Waals surface area (Å²) >= 11 is 0. The maximum atomic E-state index is 14.6. The molecule has 10 N–H and O–H groups in total. The van der Waals surface area contributed by atoms with Gasteiger partial charge in [0.15, 0.2) is 0 Å². The molecule has 0 bridgehead atoms. The summed E-state index contributed by atoms with van der Waals surface area (Å²) in [5.74, 6) is -15.6. The monoisotopic (exact) mass is 1070 g/mol. The van der Waals surface area contributed by atoms with Crippen LogP contribution in [-0.4, -0.2) is 123 Å². The normalized spacial score (nSPS) is 14.7.